The second-order valence-electron chi connectivity index (χ2n) is 10.6. The molecule has 6 nitrogen and oxygen atoms in total. The Kier molecular flexibility index (Phi) is 6.87. The molecule has 4 aliphatic carbocycles. The fourth-order valence-corrected chi connectivity index (χ4v) is 7.02. The summed E-state index contributed by atoms with van der Waals surface area (Å²) in [6.45, 7) is 4.41. The number of ketones is 2. The lowest BCUT2D eigenvalue weighted by atomic mass is 9.48. The van der Waals surface area contributed by atoms with Gasteiger partial charge in [0.2, 0.25) is 0 Å². The first-order valence-corrected chi connectivity index (χ1v) is 13.2. The molecule has 0 atom stereocenters. The zero-order valence-electron chi connectivity index (χ0n) is 21.1. The predicted molar refractivity (Wildman–Crippen MR) is 135 cm³/mol. The van der Waals surface area contributed by atoms with Crippen LogP contribution in [0, 0.1) is 23.2 Å². The van der Waals surface area contributed by atoms with Crippen LogP contribution in [0.4, 0.5) is 0 Å². The maximum absolute atomic E-state index is 13.4. The average Bonchev–Trinajstić information content (AvgIpc) is 2.87. The molecule has 0 N–H and O–H groups in total. The SMILES string of the molecule is CCOc1ccc(C(=O)c2ccccc2C(=O)OCC(=O)C23CC4CC(CC(C4)C2)C3)cc1OCC. The van der Waals surface area contributed by atoms with Crippen molar-refractivity contribution in [1.82, 2.24) is 0 Å². The highest BCUT2D eigenvalue weighted by Gasteiger charge is 2.54. The van der Waals surface area contributed by atoms with E-state index in [9.17, 15) is 14.4 Å². The largest absolute Gasteiger partial charge is 0.490 e. The van der Waals surface area contributed by atoms with Crippen LogP contribution in [0.3, 0.4) is 0 Å². The predicted octanol–water partition coefficient (Wildman–Crippen LogP) is 5.66. The number of rotatable bonds is 10. The zero-order chi connectivity index (χ0) is 25.3. The van der Waals surface area contributed by atoms with Gasteiger partial charge in [-0.25, -0.2) is 4.79 Å². The van der Waals surface area contributed by atoms with Crippen LogP contribution in [0.1, 0.15) is 78.7 Å². The Bertz CT molecular complexity index is 1130. The molecular weight excluding hydrogens is 456 g/mol. The number of benzene rings is 2. The Morgan fingerprint density at radius 3 is 2.00 bits per heavy atom. The quantitative estimate of drug-likeness (QED) is 0.316. The summed E-state index contributed by atoms with van der Waals surface area (Å²) < 4.78 is 16.8. The molecule has 0 spiro atoms. The van der Waals surface area contributed by atoms with Crippen molar-refractivity contribution in [1.29, 1.82) is 0 Å². The number of carbonyl (C=O) groups is 3. The summed E-state index contributed by atoms with van der Waals surface area (Å²) in [5, 5.41) is 0. The third-order valence-electron chi connectivity index (χ3n) is 8.16. The highest BCUT2D eigenvalue weighted by molar-refractivity contribution is 6.14. The maximum atomic E-state index is 13.4. The third kappa shape index (κ3) is 4.65. The second-order valence-corrected chi connectivity index (χ2v) is 10.6. The van der Waals surface area contributed by atoms with Crippen molar-refractivity contribution >= 4 is 17.5 Å². The minimum atomic E-state index is -0.645. The second kappa shape index (κ2) is 10.1. The van der Waals surface area contributed by atoms with Gasteiger partial charge in [0.05, 0.1) is 18.8 Å². The van der Waals surface area contributed by atoms with Crippen LogP contribution in [0.5, 0.6) is 11.5 Å². The molecule has 190 valence electrons. The third-order valence-corrected chi connectivity index (χ3v) is 8.16. The molecule has 4 saturated carbocycles. The van der Waals surface area contributed by atoms with Gasteiger partial charge >= 0.3 is 5.97 Å². The fraction of sp³-hybridized carbons (Fsp3) is 0.500. The van der Waals surface area contributed by atoms with E-state index in [-0.39, 0.29) is 34.7 Å². The van der Waals surface area contributed by atoms with Gasteiger partial charge in [0.1, 0.15) is 0 Å². The molecule has 2 aromatic rings. The van der Waals surface area contributed by atoms with Gasteiger partial charge in [-0.05, 0) is 94.4 Å². The Balaban J connectivity index is 1.31. The molecule has 4 bridgehead atoms. The van der Waals surface area contributed by atoms with Crippen LogP contribution in [-0.2, 0) is 9.53 Å². The first-order valence-electron chi connectivity index (χ1n) is 13.2. The smallest absolute Gasteiger partial charge is 0.339 e. The van der Waals surface area contributed by atoms with Gasteiger partial charge in [-0.15, -0.1) is 0 Å². The van der Waals surface area contributed by atoms with Crippen molar-refractivity contribution in [2.45, 2.75) is 52.4 Å². The van der Waals surface area contributed by atoms with Gasteiger partial charge in [0, 0.05) is 16.5 Å². The van der Waals surface area contributed by atoms with Crippen LogP contribution in [-0.4, -0.2) is 37.4 Å². The first-order chi connectivity index (χ1) is 17.4. The summed E-state index contributed by atoms with van der Waals surface area (Å²) in [5.41, 5.74) is 0.457. The van der Waals surface area contributed by atoms with Crippen molar-refractivity contribution in [3.8, 4) is 11.5 Å². The van der Waals surface area contributed by atoms with E-state index in [0.29, 0.717) is 48.0 Å². The van der Waals surface area contributed by atoms with E-state index in [0.717, 1.165) is 19.3 Å². The van der Waals surface area contributed by atoms with Crippen LogP contribution in [0.15, 0.2) is 42.5 Å². The van der Waals surface area contributed by atoms with Crippen LogP contribution in [0.25, 0.3) is 0 Å². The minimum absolute atomic E-state index is 0.0478. The Morgan fingerprint density at radius 1 is 0.806 bits per heavy atom. The number of carbonyl (C=O) groups excluding carboxylic acids is 3. The van der Waals surface area contributed by atoms with Crippen LogP contribution >= 0.6 is 0 Å². The summed E-state index contributed by atoms with van der Waals surface area (Å²) in [5.74, 6) is 2.05. The molecule has 0 radical (unpaired) electrons. The lowest BCUT2D eigenvalue weighted by Crippen LogP contribution is -2.51. The minimum Gasteiger partial charge on any atom is -0.490 e. The number of hydrogen-bond acceptors (Lipinski definition) is 6. The zero-order valence-corrected chi connectivity index (χ0v) is 21.1. The average molecular weight is 491 g/mol. The molecule has 6 rings (SSSR count). The molecule has 4 aliphatic rings. The molecule has 36 heavy (non-hydrogen) atoms. The molecule has 0 aromatic heterocycles. The summed E-state index contributed by atoms with van der Waals surface area (Å²) in [6.07, 6.45) is 6.55. The van der Waals surface area contributed by atoms with Crippen molar-refractivity contribution < 1.29 is 28.6 Å². The summed E-state index contributed by atoms with van der Waals surface area (Å²) in [7, 11) is 0. The first kappa shape index (κ1) is 24.5. The number of ether oxygens (including phenoxy) is 3. The number of Topliss-reactive ketones (excluding diaryl/α,β-unsaturated/α-hetero) is 1. The van der Waals surface area contributed by atoms with Gasteiger partial charge < -0.3 is 14.2 Å². The number of esters is 1. The molecule has 4 fully saturated rings. The number of hydrogen-bond donors (Lipinski definition) is 0. The molecule has 0 amide bonds. The summed E-state index contributed by atoms with van der Waals surface area (Å²) in [6, 6.07) is 11.6. The molecule has 0 heterocycles. The Labute approximate surface area is 212 Å². The van der Waals surface area contributed by atoms with Gasteiger partial charge in [-0.1, -0.05) is 18.2 Å². The standard InChI is InChI=1S/C30H34O6/c1-3-34-25-10-9-22(14-26(25)35-4-2)28(32)23-7-5-6-8-24(23)29(33)36-18-27(31)30-15-19-11-20(16-30)13-21(12-19)17-30/h5-10,14,19-21H,3-4,11-13,15-18H2,1-2H3. The van der Waals surface area contributed by atoms with E-state index in [1.807, 2.05) is 13.8 Å². The highest BCUT2D eigenvalue weighted by Crippen LogP contribution is 2.60. The van der Waals surface area contributed by atoms with E-state index in [4.69, 9.17) is 14.2 Å². The molecule has 6 heteroatoms. The van der Waals surface area contributed by atoms with Crippen molar-refractivity contribution in [2.75, 3.05) is 19.8 Å². The molecule has 2 aromatic carbocycles. The molecule has 0 unspecified atom stereocenters. The van der Waals surface area contributed by atoms with Crippen LogP contribution in [0.2, 0.25) is 0 Å². The van der Waals surface area contributed by atoms with E-state index >= 15 is 0 Å². The van der Waals surface area contributed by atoms with Gasteiger partial charge in [0.25, 0.3) is 0 Å². The fourth-order valence-electron chi connectivity index (χ4n) is 7.02. The Morgan fingerprint density at radius 2 is 1.39 bits per heavy atom. The summed E-state index contributed by atoms with van der Waals surface area (Å²) in [4.78, 5) is 39.8. The van der Waals surface area contributed by atoms with E-state index < -0.39 is 5.97 Å². The summed E-state index contributed by atoms with van der Waals surface area (Å²) >= 11 is 0. The monoisotopic (exact) mass is 490 g/mol. The van der Waals surface area contributed by atoms with Gasteiger partial charge in [-0.3, -0.25) is 9.59 Å². The topological polar surface area (TPSA) is 78.9 Å². The van der Waals surface area contributed by atoms with Crippen molar-refractivity contribution in [3.63, 3.8) is 0 Å². The molecule has 0 aliphatic heterocycles. The molecule has 0 saturated heterocycles. The van der Waals surface area contributed by atoms with Gasteiger partial charge in [-0.2, -0.15) is 0 Å². The van der Waals surface area contributed by atoms with E-state index in [1.54, 1.807) is 42.5 Å². The van der Waals surface area contributed by atoms with Crippen molar-refractivity contribution in [3.05, 3.63) is 59.2 Å². The highest BCUT2D eigenvalue weighted by atomic mass is 16.5. The van der Waals surface area contributed by atoms with Crippen molar-refractivity contribution in [2.24, 2.45) is 23.2 Å². The lowest BCUT2D eigenvalue weighted by molar-refractivity contribution is -0.147. The lowest BCUT2D eigenvalue weighted by Gasteiger charge is -2.55. The molecular formula is C30H34O6. The normalized spacial score (nSPS) is 25.9. The van der Waals surface area contributed by atoms with Crippen LogP contribution < -0.4 is 9.47 Å². The van der Waals surface area contributed by atoms with E-state index in [1.165, 1.54) is 19.3 Å². The van der Waals surface area contributed by atoms with Gasteiger partial charge in [0.15, 0.2) is 29.7 Å². The Hall–Kier alpha value is -3.15. The maximum Gasteiger partial charge on any atom is 0.339 e. The van der Waals surface area contributed by atoms with E-state index in [2.05, 4.69) is 0 Å².